The van der Waals surface area contributed by atoms with Crippen LogP contribution in [0.1, 0.15) is 17.3 Å². The number of nitrogens with one attached hydrogen (secondary N) is 1. The van der Waals surface area contributed by atoms with Crippen LogP contribution in [0.5, 0.6) is 0 Å². The third-order valence-electron chi connectivity index (χ3n) is 2.15. The summed E-state index contributed by atoms with van der Waals surface area (Å²) < 4.78 is 4.85. The van der Waals surface area contributed by atoms with Gasteiger partial charge in [-0.25, -0.2) is 4.79 Å². The Balaban J connectivity index is 2.97. The number of amides is 1. The number of hydrogen-bond acceptors (Lipinski definition) is 5. The van der Waals surface area contributed by atoms with Crippen LogP contribution in [-0.2, 0) is 9.53 Å². The molecule has 0 saturated carbocycles. The van der Waals surface area contributed by atoms with E-state index in [2.05, 4.69) is 5.32 Å². The molecular formula is C11H12N2O6. The number of nitro groups is 1. The van der Waals surface area contributed by atoms with Crippen LogP contribution in [0.15, 0.2) is 18.2 Å². The van der Waals surface area contributed by atoms with Crippen LogP contribution >= 0.6 is 0 Å². The molecule has 0 spiro atoms. The molecule has 0 bridgehead atoms. The number of anilines is 1. The first-order valence-electron chi connectivity index (χ1n) is 5.35. The molecule has 1 rings (SSSR count). The van der Waals surface area contributed by atoms with E-state index >= 15 is 0 Å². The topological polar surface area (TPSA) is 119 Å². The summed E-state index contributed by atoms with van der Waals surface area (Å²) >= 11 is 0. The molecule has 8 nitrogen and oxygen atoms in total. The van der Waals surface area contributed by atoms with Crippen LogP contribution in [-0.4, -0.2) is 35.1 Å². The maximum atomic E-state index is 11.4. The van der Waals surface area contributed by atoms with E-state index in [4.69, 9.17) is 9.84 Å². The number of carbonyl (C=O) groups is 2. The Morgan fingerprint density at radius 1 is 1.47 bits per heavy atom. The van der Waals surface area contributed by atoms with E-state index in [0.29, 0.717) is 6.61 Å². The highest BCUT2D eigenvalue weighted by Crippen LogP contribution is 2.25. The molecule has 0 aliphatic heterocycles. The fraction of sp³-hybridized carbons (Fsp3) is 0.273. The molecule has 1 amide bonds. The highest BCUT2D eigenvalue weighted by atomic mass is 16.6. The monoisotopic (exact) mass is 268 g/mol. The zero-order chi connectivity index (χ0) is 14.4. The summed E-state index contributed by atoms with van der Waals surface area (Å²) in [4.78, 5) is 32.2. The molecule has 0 heterocycles. The van der Waals surface area contributed by atoms with Gasteiger partial charge in [-0.05, 0) is 19.1 Å². The number of benzene rings is 1. The number of nitrogens with zero attached hydrogens (tertiary/aromatic N) is 1. The zero-order valence-corrected chi connectivity index (χ0v) is 10.1. The van der Waals surface area contributed by atoms with Crippen molar-refractivity contribution in [3.63, 3.8) is 0 Å². The summed E-state index contributed by atoms with van der Waals surface area (Å²) in [5.41, 5.74) is -0.779. The molecule has 0 fully saturated rings. The molecule has 0 aromatic heterocycles. The predicted molar refractivity (Wildman–Crippen MR) is 65.2 cm³/mol. The molecule has 0 atom stereocenters. The fourth-order valence-corrected chi connectivity index (χ4v) is 1.30. The predicted octanol–water partition coefficient (Wildman–Crippen LogP) is 1.27. The molecular weight excluding hydrogens is 256 g/mol. The molecule has 8 heteroatoms. The summed E-state index contributed by atoms with van der Waals surface area (Å²) in [5.74, 6) is -1.83. The van der Waals surface area contributed by atoms with Crippen molar-refractivity contribution in [2.75, 3.05) is 18.5 Å². The Hall–Kier alpha value is -2.48. The van der Waals surface area contributed by atoms with E-state index in [0.717, 1.165) is 6.07 Å². The number of rotatable bonds is 6. The molecule has 0 radical (unpaired) electrons. The first kappa shape index (κ1) is 14.6. The van der Waals surface area contributed by atoms with E-state index in [9.17, 15) is 19.7 Å². The van der Waals surface area contributed by atoms with Crippen molar-refractivity contribution >= 4 is 23.3 Å². The minimum Gasteiger partial charge on any atom is -0.478 e. The van der Waals surface area contributed by atoms with Crippen molar-refractivity contribution in [2.24, 2.45) is 0 Å². The van der Waals surface area contributed by atoms with E-state index < -0.39 is 22.5 Å². The van der Waals surface area contributed by atoms with Crippen LogP contribution in [0, 0.1) is 10.1 Å². The van der Waals surface area contributed by atoms with E-state index in [1.54, 1.807) is 6.92 Å². The second-order valence-corrected chi connectivity index (χ2v) is 3.48. The van der Waals surface area contributed by atoms with Crippen molar-refractivity contribution in [1.82, 2.24) is 0 Å². The standard InChI is InChI=1S/C11H12N2O6/c1-2-19-6-10(14)12-8-4-3-7(11(15)16)5-9(8)13(17)18/h3-5H,2,6H2,1H3,(H,12,14)(H,15,16). The first-order chi connectivity index (χ1) is 8.95. The van der Waals surface area contributed by atoms with Gasteiger partial charge >= 0.3 is 5.97 Å². The third kappa shape index (κ3) is 4.03. The average Bonchev–Trinajstić information content (AvgIpc) is 2.36. The number of aromatic carboxylic acids is 1. The smallest absolute Gasteiger partial charge is 0.335 e. The highest BCUT2D eigenvalue weighted by molar-refractivity contribution is 5.96. The van der Waals surface area contributed by atoms with Crippen molar-refractivity contribution in [3.8, 4) is 0 Å². The average molecular weight is 268 g/mol. The number of hydrogen-bond donors (Lipinski definition) is 2. The lowest BCUT2D eigenvalue weighted by atomic mass is 10.1. The molecule has 0 aliphatic rings. The molecule has 1 aromatic carbocycles. The van der Waals surface area contributed by atoms with E-state index in [1.165, 1.54) is 12.1 Å². The summed E-state index contributed by atoms with van der Waals surface area (Å²) in [7, 11) is 0. The second-order valence-electron chi connectivity index (χ2n) is 3.48. The fourth-order valence-electron chi connectivity index (χ4n) is 1.30. The molecule has 0 unspecified atom stereocenters. The van der Waals surface area contributed by atoms with E-state index in [-0.39, 0.29) is 17.9 Å². The number of nitro benzene ring substituents is 1. The lowest BCUT2D eigenvalue weighted by Crippen LogP contribution is -2.19. The zero-order valence-electron chi connectivity index (χ0n) is 10.1. The van der Waals surface area contributed by atoms with Crippen molar-refractivity contribution in [1.29, 1.82) is 0 Å². The van der Waals surface area contributed by atoms with Crippen molar-refractivity contribution in [2.45, 2.75) is 6.92 Å². The largest absolute Gasteiger partial charge is 0.478 e. The van der Waals surface area contributed by atoms with Crippen LogP contribution in [0.4, 0.5) is 11.4 Å². The van der Waals surface area contributed by atoms with Gasteiger partial charge in [0, 0.05) is 12.7 Å². The van der Waals surface area contributed by atoms with Gasteiger partial charge < -0.3 is 15.2 Å². The van der Waals surface area contributed by atoms with Gasteiger partial charge in [-0.3, -0.25) is 14.9 Å². The molecule has 2 N–H and O–H groups in total. The van der Waals surface area contributed by atoms with E-state index in [1.807, 2.05) is 0 Å². The number of carboxylic acid groups (broad SMARTS) is 1. The second kappa shape index (κ2) is 6.45. The number of carbonyl (C=O) groups excluding carboxylic acids is 1. The quantitative estimate of drug-likeness (QED) is 0.592. The normalized spacial score (nSPS) is 9.95. The lowest BCUT2D eigenvalue weighted by molar-refractivity contribution is -0.384. The van der Waals surface area contributed by atoms with Crippen LogP contribution in [0.3, 0.4) is 0 Å². The maximum Gasteiger partial charge on any atom is 0.335 e. The summed E-state index contributed by atoms with van der Waals surface area (Å²) in [6.07, 6.45) is 0. The minimum absolute atomic E-state index is 0.0697. The van der Waals surface area contributed by atoms with Gasteiger partial charge in [0.15, 0.2) is 0 Å². The van der Waals surface area contributed by atoms with Crippen LogP contribution in [0.25, 0.3) is 0 Å². The summed E-state index contributed by atoms with van der Waals surface area (Å²) in [5, 5.41) is 21.9. The first-order valence-corrected chi connectivity index (χ1v) is 5.35. The molecule has 19 heavy (non-hydrogen) atoms. The third-order valence-corrected chi connectivity index (χ3v) is 2.15. The molecule has 102 valence electrons. The molecule has 0 saturated heterocycles. The lowest BCUT2D eigenvalue weighted by Gasteiger charge is -2.06. The van der Waals surface area contributed by atoms with Gasteiger partial charge in [-0.1, -0.05) is 0 Å². The maximum absolute atomic E-state index is 11.4. The summed E-state index contributed by atoms with van der Waals surface area (Å²) in [6.45, 7) is 1.82. The van der Waals surface area contributed by atoms with Crippen molar-refractivity contribution < 1.29 is 24.4 Å². The Morgan fingerprint density at radius 2 is 2.16 bits per heavy atom. The van der Waals surface area contributed by atoms with Crippen molar-refractivity contribution in [3.05, 3.63) is 33.9 Å². The Bertz CT molecular complexity index is 514. The molecule has 0 aliphatic carbocycles. The Labute approximate surface area is 108 Å². The van der Waals surface area contributed by atoms with Gasteiger partial charge in [0.2, 0.25) is 0 Å². The minimum atomic E-state index is -1.28. The SMILES string of the molecule is CCOCC(=O)Nc1ccc(C(=O)O)cc1[N+](=O)[O-]. The van der Waals surface area contributed by atoms with Crippen LogP contribution in [0.2, 0.25) is 0 Å². The number of carboxylic acids is 1. The molecule has 1 aromatic rings. The van der Waals surface area contributed by atoms with Gasteiger partial charge in [0.25, 0.3) is 11.6 Å². The van der Waals surface area contributed by atoms with Gasteiger partial charge in [-0.15, -0.1) is 0 Å². The van der Waals surface area contributed by atoms with Crippen LogP contribution < -0.4 is 5.32 Å². The van der Waals surface area contributed by atoms with Gasteiger partial charge in [0.05, 0.1) is 10.5 Å². The highest BCUT2D eigenvalue weighted by Gasteiger charge is 2.18. The summed E-state index contributed by atoms with van der Waals surface area (Å²) in [6, 6.07) is 3.23. The Morgan fingerprint density at radius 3 is 2.68 bits per heavy atom. The number of ether oxygens (including phenoxy) is 1. The van der Waals surface area contributed by atoms with Gasteiger partial charge in [-0.2, -0.15) is 0 Å². The van der Waals surface area contributed by atoms with Gasteiger partial charge in [0.1, 0.15) is 12.3 Å². The Kier molecular flexibility index (Phi) is 4.95.